The molecule has 0 aliphatic rings. The quantitative estimate of drug-likeness (QED) is 0.630. The molecular formula is C9H8N2O4. The van der Waals surface area contributed by atoms with E-state index in [0.29, 0.717) is 5.39 Å². The van der Waals surface area contributed by atoms with Gasteiger partial charge in [-0.05, 0) is 6.07 Å². The Morgan fingerprint density at radius 2 is 2.33 bits per heavy atom. The summed E-state index contributed by atoms with van der Waals surface area (Å²) in [5.41, 5.74) is -0.157. The summed E-state index contributed by atoms with van der Waals surface area (Å²) in [6.45, 7) is 0. The number of methoxy groups -OCH3 is 1. The molecule has 15 heavy (non-hydrogen) atoms. The second kappa shape index (κ2) is 3.23. The van der Waals surface area contributed by atoms with E-state index >= 15 is 0 Å². The van der Waals surface area contributed by atoms with E-state index in [4.69, 9.17) is 4.42 Å². The van der Waals surface area contributed by atoms with E-state index in [1.54, 1.807) is 0 Å². The first-order valence-electron chi connectivity index (χ1n) is 4.18. The van der Waals surface area contributed by atoms with Gasteiger partial charge in [-0.15, -0.1) is 0 Å². The molecule has 78 valence electrons. The van der Waals surface area contributed by atoms with Crippen LogP contribution in [0.3, 0.4) is 0 Å². The van der Waals surface area contributed by atoms with Crippen LogP contribution in [0.1, 0.15) is 10.5 Å². The zero-order chi connectivity index (χ0) is 11.0. The largest absolute Gasteiger partial charge is 0.464 e. The summed E-state index contributed by atoms with van der Waals surface area (Å²) in [7, 11) is 2.70. The van der Waals surface area contributed by atoms with Crippen molar-refractivity contribution >= 4 is 16.9 Å². The fraction of sp³-hybridized carbons (Fsp3) is 0.222. The van der Waals surface area contributed by atoms with Gasteiger partial charge in [-0.1, -0.05) is 0 Å². The Balaban J connectivity index is 2.86. The Labute approximate surface area is 84.1 Å². The number of furan rings is 1. The van der Waals surface area contributed by atoms with E-state index in [1.807, 2.05) is 0 Å². The highest BCUT2D eigenvalue weighted by atomic mass is 16.5. The number of fused-ring (bicyclic) bond motifs is 1. The maximum atomic E-state index is 11.5. The highest BCUT2D eigenvalue weighted by Gasteiger charge is 2.18. The van der Waals surface area contributed by atoms with Crippen molar-refractivity contribution in [3.8, 4) is 0 Å². The summed E-state index contributed by atoms with van der Waals surface area (Å²) in [6, 6.07) is 1.49. The van der Waals surface area contributed by atoms with Crippen LogP contribution in [0.25, 0.3) is 11.0 Å². The average Bonchev–Trinajstić information content (AvgIpc) is 2.71. The number of nitrogens with zero attached hydrogens (tertiary/aromatic N) is 2. The van der Waals surface area contributed by atoms with Gasteiger partial charge >= 0.3 is 5.97 Å². The van der Waals surface area contributed by atoms with Gasteiger partial charge in [-0.25, -0.2) is 9.48 Å². The van der Waals surface area contributed by atoms with Crippen molar-refractivity contribution in [3.63, 3.8) is 0 Å². The Hall–Kier alpha value is -2.11. The van der Waals surface area contributed by atoms with Gasteiger partial charge in [0.25, 0.3) is 5.56 Å². The van der Waals surface area contributed by atoms with Gasteiger partial charge in [0.2, 0.25) is 5.69 Å². The number of ether oxygens (including phenoxy) is 1. The number of hydrogen-bond donors (Lipinski definition) is 0. The average molecular weight is 208 g/mol. The first kappa shape index (κ1) is 9.45. The maximum absolute atomic E-state index is 11.5. The van der Waals surface area contributed by atoms with Crippen LogP contribution < -0.4 is 5.56 Å². The number of rotatable bonds is 1. The highest BCUT2D eigenvalue weighted by Crippen LogP contribution is 2.14. The number of aryl methyl sites for hydroxylation is 1. The second-order valence-electron chi connectivity index (χ2n) is 2.93. The topological polar surface area (TPSA) is 74.3 Å². The van der Waals surface area contributed by atoms with Crippen LogP contribution >= 0.6 is 0 Å². The molecule has 0 radical (unpaired) electrons. The Kier molecular flexibility index (Phi) is 2.03. The minimum atomic E-state index is -0.634. The molecule has 0 N–H and O–H groups in total. The van der Waals surface area contributed by atoms with Crippen LogP contribution in [0.15, 0.2) is 21.5 Å². The van der Waals surface area contributed by atoms with Crippen LogP contribution in [0, 0.1) is 0 Å². The van der Waals surface area contributed by atoms with E-state index in [2.05, 4.69) is 9.84 Å². The SMILES string of the molecule is COC(=O)c1nn(C)c(=O)c2ccoc12. The van der Waals surface area contributed by atoms with Crippen LogP contribution in [-0.4, -0.2) is 22.9 Å². The molecule has 6 nitrogen and oxygen atoms in total. The Morgan fingerprint density at radius 1 is 1.60 bits per heavy atom. The third kappa shape index (κ3) is 1.30. The highest BCUT2D eigenvalue weighted by molar-refractivity contribution is 5.99. The van der Waals surface area contributed by atoms with Gasteiger partial charge in [0.15, 0.2) is 5.58 Å². The normalized spacial score (nSPS) is 10.5. The van der Waals surface area contributed by atoms with Crippen molar-refractivity contribution in [1.29, 1.82) is 0 Å². The number of carbonyl (C=O) groups excluding carboxylic acids is 1. The van der Waals surface area contributed by atoms with Gasteiger partial charge < -0.3 is 9.15 Å². The van der Waals surface area contributed by atoms with Crippen LogP contribution in [0.5, 0.6) is 0 Å². The molecule has 0 saturated heterocycles. The molecule has 0 saturated carbocycles. The van der Waals surface area contributed by atoms with Gasteiger partial charge in [-0.3, -0.25) is 4.79 Å². The summed E-state index contributed by atoms with van der Waals surface area (Å²) in [4.78, 5) is 22.9. The monoisotopic (exact) mass is 208 g/mol. The first-order valence-corrected chi connectivity index (χ1v) is 4.18. The molecule has 2 rings (SSSR count). The van der Waals surface area contributed by atoms with Gasteiger partial charge in [0.05, 0.1) is 18.8 Å². The summed E-state index contributed by atoms with van der Waals surface area (Å²) >= 11 is 0. The van der Waals surface area contributed by atoms with Crippen molar-refractivity contribution in [2.75, 3.05) is 7.11 Å². The lowest BCUT2D eigenvalue weighted by Gasteiger charge is -2.01. The fourth-order valence-electron chi connectivity index (χ4n) is 1.31. The summed E-state index contributed by atoms with van der Waals surface area (Å²) in [5, 5.41) is 4.09. The van der Waals surface area contributed by atoms with Crippen molar-refractivity contribution < 1.29 is 13.9 Å². The third-order valence-electron chi connectivity index (χ3n) is 2.03. The molecule has 2 heterocycles. The molecule has 2 aromatic rings. The van der Waals surface area contributed by atoms with Crippen molar-refractivity contribution in [2.24, 2.45) is 7.05 Å². The smallest absolute Gasteiger partial charge is 0.362 e. The molecule has 0 amide bonds. The predicted molar refractivity (Wildman–Crippen MR) is 50.6 cm³/mol. The fourth-order valence-corrected chi connectivity index (χ4v) is 1.31. The standard InChI is InChI=1S/C9H8N2O4/c1-11-8(12)5-3-4-15-7(5)6(10-11)9(13)14-2/h3-4H,1-2H3. The van der Waals surface area contributed by atoms with E-state index in [0.717, 1.165) is 4.68 Å². The molecule has 0 aliphatic carbocycles. The number of carbonyl (C=O) groups is 1. The second-order valence-corrected chi connectivity index (χ2v) is 2.93. The molecule has 0 atom stereocenters. The first-order chi connectivity index (χ1) is 7.15. The molecule has 2 aromatic heterocycles. The Bertz CT molecular complexity index is 581. The molecule has 0 aromatic carbocycles. The molecule has 0 spiro atoms. The van der Waals surface area contributed by atoms with Gasteiger partial charge in [0, 0.05) is 7.05 Å². The number of esters is 1. The van der Waals surface area contributed by atoms with Crippen molar-refractivity contribution in [3.05, 3.63) is 28.4 Å². The summed E-state index contributed by atoms with van der Waals surface area (Å²) < 4.78 is 10.6. The lowest BCUT2D eigenvalue weighted by Crippen LogP contribution is -2.22. The van der Waals surface area contributed by atoms with E-state index in [9.17, 15) is 9.59 Å². The van der Waals surface area contributed by atoms with Crippen LogP contribution in [-0.2, 0) is 11.8 Å². The molecule has 0 unspecified atom stereocenters. The zero-order valence-electron chi connectivity index (χ0n) is 8.18. The number of hydrogen-bond acceptors (Lipinski definition) is 5. The predicted octanol–water partition coefficient (Wildman–Crippen LogP) is 0.313. The molecule has 0 fully saturated rings. The molecule has 6 heteroatoms. The van der Waals surface area contributed by atoms with Crippen LogP contribution in [0.4, 0.5) is 0 Å². The summed E-state index contributed by atoms with van der Waals surface area (Å²) in [6.07, 6.45) is 1.33. The van der Waals surface area contributed by atoms with E-state index < -0.39 is 5.97 Å². The lowest BCUT2D eigenvalue weighted by atomic mass is 10.3. The molecular weight excluding hydrogens is 200 g/mol. The van der Waals surface area contributed by atoms with Gasteiger partial charge in [-0.2, -0.15) is 5.10 Å². The van der Waals surface area contributed by atoms with Crippen LogP contribution in [0.2, 0.25) is 0 Å². The van der Waals surface area contributed by atoms with Crippen molar-refractivity contribution in [1.82, 2.24) is 9.78 Å². The minimum Gasteiger partial charge on any atom is -0.464 e. The minimum absolute atomic E-state index is 0.000370. The van der Waals surface area contributed by atoms with Gasteiger partial charge in [0.1, 0.15) is 0 Å². The molecule has 0 bridgehead atoms. The van der Waals surface area contributed by atoms with E-state index in [1.165, 1.54) is 26.5 Å². The maximum Gasteiger partial charge on any atom is 0.362 e. The number of aromatic nitrogens is 2. The van der Waals surface area contributed by atoms with E-state index in [-0.39, 0.29) is 16.8 Å². The third-order valence-corrected chi connectivity index (χ3v) is 2.03. The van der Waals surface area contributed by atoms with Crippen molar-refractivity contribution in [2.45, 2.75) is 0 Å². The molecule has 0 aliphatic heterocycles. The summed E-state index contributed by atoms with van der Waals surface area (Å²) in [5.74, 6) is -0.634. The lowest BCUT2D eigenvalue weighted by molar-refractivity contribution is 0.0592. The Morgan fingerprint density at radius 3 is 3.00 bits per heavy atom. The zero-order valence-corrected chi connectivity index (χ0v) is 8.18.